The Morgan fingerprint density at radius 1 is 1.15 bits per heavy atom. The first-order chi connectivity index (χ1) is 9.60. The van der Waals surface area contributed by atoms with Crippen LogP contribution in [0.3, 0.4) is 0 Å². The number of methoxy groups -OCH3 is 2. The van der Waals surface area contributed by atoms with Crippen LogP contribution in [0.15, 0.2) is 54.2 Å². The van der Waals surface area contributed by atoms with Crippen molar-refractivity contribution in [2.75, 3.05) is 26.1 Å². The number of anilines is 1. The molecule has 0 amide bonds. The number of ether oxygens (including phenoxy) is 2. The molecule has 0 unspecified atom stereocenters. The Balaban J connectivity index is 2.76. The fourth-order valence-electron chi connectivity index (χ4n) is 1.62. The second kappa shape index (κ2) is 8.10. The van der Waals surface area contributed by atoms with Gasteiger partial charge in [-0.05, 0) is 31.6 Å². The van der Waals surface area contributed by atoms with Gasteiger partial charge >= 0.3 is 0 Å². The maximum absolute atomic E-state index is 5.28. The quantitative estimate of drug-likeness (QED) is 0.755. The van der Waals surface area contributed by atoms with Gasteiger partial charge in [0.25, 0.3) is 0 Å². The highest BCUT2D eigenvalue weighted by molar-refractivity contribution is 5.55. The van der Waals surface area contributed by atoms with Crippen LogP contribution in [0.1, 0.15) is 13.8 Å². The highest BCUT2D eigenvalue weighted by Gasteiger charge is 2.04. The van der Waals surface area contributed by atoms with Gasteiger partial charge in [0.05, 0.1) is 14.2 Å². The number of hydrogen-bond donors (Lipinski definition) is 1. The molecule has 1 N–H and O–H groups in total. The van der Waals surface area contributed by atoms with E-state index < -0.39 is 0 Å². The molecule has 0 heterocycles. The monoisotopic (exact) mass is 273 g/mol. The van der Waals surface area contributed by atoms with Gasteiger partial charge in [0.2, 0.25) is 0 Å². The summed E-state index contributed by atoms with van der Waals surface area (Å²) in [6.45, 7) is 8.68. The Hall–Kier alpha value is -2.16. The van der Waals surface area contributed by atoms with E-state index in [9.17, 15) is 0 Å². The summed E-state index contributed by atoms with van der Waals surface area (Å²) in [6.07, 6.45) is 6.00. The van der Waals surface area contributed by atoms with Gasteiger partial charge in [-0.15, -0.1) is 0 Å². The van der Waals surface area contributed by atoms with Gasteiger partial charge in [0, 0.05) is 18.3 Å². The van der Waals surface area contributed by atoms with Crippen LogP contribution in [0.4, 0.5) is 5.69 Å². The van der Waals surface area contributed by atoms with Gasteiger partial charge in [-0.2, -0.15) is 0 Å². The van der Waals surface area contributed by atoms with Crippen LogP contribution in [0.25, 0.3) is 0 Å². The normalized spacial score (nSPS) is 10.7. The Morgan fingerprint density at radius 3 is 2.40 bits per heavy atom. The van der Waals surface area contributed by atoms with Gasteiger partial charge < -0.3 is 14.8 Å². The minimum atomic E-state index is 0.711. The molecular weight excluding hydrogens is 250 g/mol. The molecule has 0 bridgehead atoms. The molecule has 3 heteroatoms. The summed E-state index contributed by atoms with van der Waals surface area (Å²) >= 11 is 0. The summed E-state index contributed by atoms with van der Waals surface area (Å²) in [5.74, 6) is 1.44. The molecule has 0 fully saturated rings. The van der Waals surface area contributed by atoms with E-state index in [1.807, 2.05) is 24.3 Å². The van der Waals surface area contributed by atoms with Gasteiger partial charge in [0.15, 0.2) is 11.5 Å². The zero-order valence-electron chi connectivity index (χ0n) is 12.7. The van der Waals surface area contributed by atoms with Crippen molar-refractivity contribution in [3.05, 3.63) is 54.2 Å². The molecular formula is C17H23NO2. The number of hydrogen-bond acceptors (Lipinski definition) is 3. The van der Waals surface area contributed by atoms with Crippen LogP contribution in [0, 0.1) is 0 Å². The van der Waals surface area contributed by atoms with Crippen molar-refractivity contribution < 1.29 is 9.47 Å². The number of allylic oxidation sites excluding steroid dienone is 3. The van der Waals surface area contributed by atoms with Crippen LogP contribution in [0.2, 0.25) is 0 Å². The lowest BCUT2D eigenvalue weighted by Crippen LogP contribution is -2.03. The van der Waals surface area contributed by atoms with Crippen molar-refractivity contribution in [2.45, 2.75) is 13.8 Å². The van der Waals surface area contributed by atoms with Gasteiger partial charge in [-0.3, -0.25) is 0 Å². The van der Waals surface area contributed by atoms with Crippen LogP contribution in [-0.2, 0) is 0 Å². The van der Waals surface area contributed by atoms with E-state index in [1.54, 1.807) is 14.2 Å². The fraction of sp³-hybridized carbons (Fsp3) is 0.294. The van der Waals surface area contributed by atoms with Crippen LogP contribution >= 0.6 is 0 Å². The predicted molar refractivity (Wildman–Crippen MR) is 85.7 cm³/mol. The van der Waals surface area contributed by atoms with Crippen LogP contribution in [-0.4, -0.2) is 20.8 Å². The first kappa shape index (κ1) is 15.9. The molecule has 0 aliphatic heterocycles. The number of nitrogens with one attached hydrogen (secondary N) is 1. The maximum Gasteiger partial charge on any atom is 0.162 e. The SMILES string of the molecule is C=C/C(=C\C=C(C)C)CNc1ccc(OC)c(OC)c1. The summed E-state index contributed by atoms with van der Waals surface area (Å²) in [5.41, 5.74) is 3.36. The third kappa shape index (κ3) is 4.84. The van der Waals surface area contributed by atoms with E-state index in [4.69, 9.17) is 9.47 Å². The van der Waals surface area contributed by atoms with Crippen molar-refractivity contribution in [1.29, 1.82) is 0 Å². The molecule has 0 atom stereocenters. The summed E-state index contributed by atoms with van der Waals surface area (Å²) in [7, 11) is 3.26. The number of benzene rings is 1. The Kier molecular flexibility index (Phi) is 6.44. The minimum absolute atomic E-state index is 0.711. The van der Waals surface area contributed by atoms with E-state index in [2.05, 4.69) is 37.9 Å². The lowest BCUT2D eigenvalue weighted by atomic mass is 10.2. The molecule has 1 rings (SSSR count). The fourth-order valence-corrected chi connectivity index (χ4v) is 1.62. The molecule has 1 aromatic carbocycles. The average molecular weight is 273 g/mol. The lowest BCUT2D eigenvalue weighted by molar-refractivity contribution is 0.355. The van der Waals surface area contributed by atoms with Crippen LogP contribution in [0.5, 0.6) is 11.5 Å². The third-order valence-electron chi connectivity index (χ3n) is 2.77. The summed E-state index contributed by atoms with van der Waals surface area (Å²) < 4.78 is 10.5. The number of rotatable bonds is 7. The first-order valence-electron chi connectivity index (χ1n) is 6.53. The molecule has 0 aliphatic carbocycles. The van der Waals surface area contributed by atoms with E-state index in [0.717, 1.165) is 17.0 Å². The Bertz CT molecular complexity index is 512. The van der Waals surface area contributed by atoms with E-state index in [-0.39, 0.29) is 0 Å². The van der Waals surface area contributed by atoms with Crippen molar-refractivity contribution in [2.24, 2.45) is 0 Å². The van der Waals surface area contributed by atoms with Gasteiger partial charge in [-0.25, -0.2) is 0 Å². The second-order valence-electron chi connectivity index (χ2n) is 4.61. The molecule has 0 saturated carbocycles. The maximum atomic E-state index is 5.28. The zero-order valence-corrected chi connectivity index (χ0v) is 12.7. The van der Waals surface area contributed by atoms with Crippen LogP contribution < -0.4 is 14.8 Å². The van der Waals surface area contributed by atoms with E-state index in [0.29, 0.717) is 12.3 Å². The predicted octanol–water partition coefficient (Wildman–Crippen LogP) is 4.19. The molecule has 0 aromatic heterocycles. The molecule has 1 aromatic rings. The summed E-state index contributed by atoms with van der Waals surface area (Å²) in [6, 6.07) is 5.76. The third-order valence-corrected chi connectivity index (χ3v) is 2.77. The molecule has 108 valence electrons. The van der Waals surface area contributed by atoms with E-state index >= 15 is 0 Å². The summed E-state index contributed by atoms with van der Waals surface area (Å²) in [5, 5.41) is 3.34. The van der Waals surface area contributed by atoms with Crippen molar-refractivity contribution in [3.63, 3.8) is 0 Å². The molecule has 20 heavy (non-hydrogen) atoms. The standard InChI is InChI=1S/C17H23NO2/c1-6-14(8-7-13(2)3)12-18-15-9-10-16(19-4)17(11-15)20-5/h6-11,18H,1,12H2,2-5H3/b14-8+. The molecule has 3 nitrogen and oxygen atoms in total. The van der Waals surface area contributed by atoms with E-state index in [1.165, 1.54) is 5.57 Å². The minimum Gasteiger partial charge on any atom is -0.493 e. The highest BCUT2D eigenvalue weighted by atomic mass is 16.5. The Morgan fingerprint density at radius 2 is 1.85 bits per heavy atom. The molecule has 0 saturated heterocycles. The largest absolute Gasteiger partial charge is 0.493 e. The molecule has 0 spiro atoms. The van der Waals surface area contributed by atoms with Crippen molar-refractivity contribution in [3.8, 4) is 11.5 Å². The van der Waals surface area contributed by atoms with Crippen molar-refractivity contribution >= 4 is 5.69 Å². The lowest BCUT2D eigenvalue weighted by Gasteiger charge is -2.11. The van der Waals surface area contributed by atoms with Gasteiger partial charge in [0.1, 0.15) is 0 Å². The average Bonchev–Trinajstić information content (AvgIpc) is 2.46. The topological polar surface area (TPSA) is 30.5 Å². The molecule has 0 aliphatic rings. The van der Waals surface area contributed by atoms with Crippen molar-refractivity contribution in [1.82, 2.24) is 0 Å². The second-order valence-corrected chi connectivity index (χ2v) is 4.61. The smallest absolute Gasteiger partial charge is 0.162 e. The highest BCUT2D eigenvalue weighted by Crippen LogP contribution is 2.29. The molecule has 0 radical (unpaired) electrons. The van der Waals surface area contributed by atoms with Gasteiger partial charge in [-0.1, -0.05) is 30.4 Å². The Labute approximate surface area is 121 Å². The first-order valence-corrected chi connectivity index (χ1v) is 6.53. The summed E-state index contributed by atoms with van der Waals surface area (Å²) in [4.78, 5) is 0. The zero-order chi connectivity index (χ0) is 15.0.